The monoisotopic (exact) mass is 541 g/mol. The van der Waals surface area contributed by atoms with Gasteiger partial charge in [0.25, 0.3) is 0 Å². The average Bonchev–Trinajstić information content (AvgIpc) is 3.30. The number of imidazole rings is 1. The molecule has 0 spiro atoms. The Kier molecular flexibility index (Phi) is 9.95. The van der Waals surface area contributed by atoms with Gasteiger partial charge in [-0.05, 0) is 60.7 Å². The molecule has 1 amide bonds. The lowest BCUT2D eigenvalue weighted by Gasteiger charge is -2.22. The van der Waals surface area contributed by atoms with Crippen LogP contribution in [0.15, 0.2) is 66.7 Å². The highest BCUT2D eigenvalue weighted by atomic mass is 16.6. The van der Waals surface area contributed by atoms with E-state index in [-0.39, 0.29) is 11.7 Å². The van der Waals surface area contributed by atoms with Crippen molar-refractivity contribution in [2.24, 2.45) is 0 Å². The van der Waals surface area contributed by atoms with E-state index >= 15 is 0 Å². The summed E-state index contributed by atoms with van der Waals surface area (Å²) in [6.07, 6.45) is 5.67. The number of carbonyl (C=O) groups excluding carboxylic acids is 1. The predicted molar refractivity (Wildman–Crippen MR) is 160 cm³/mol. The lowest BCUT2D eigenvalue weighted by Crippen LogP contribution is -2.32. The minimum atomic E-state index is -0.938. The van der Waals surface area contributed by atoms with E-state index in [0.29, 0.717) is 25.3 Å². The minimum absolute atomic E-state index is 0.287. The van der Waals surface area contributed by atoms with E-state index in [9.17, 15) is 14.7 Å². The SMILES string of the molecule is CCCCCN(C(=O)OCC)c1ccc2nc(CCCC)n(Cc3ccc(-c4ccccc4C(=O)O)cc3)c2c1. The van der Waals surface area contributed by atoms with Gasteiger partial charge in [-0.1, -0.05) is 75.6 Å². The highest BCUT2D eigenvalue weighted by Crippen LogP contribution is 2.28. The van der Waals surface area contributed by atoms with Crippen molar-refractivity contribution in [3.63, 3.8) is 0 Å². The van der Waals surface area contributed by atoms with Crippen LogP contribution in [0.5, 0.6) is 0 Å². The molecule has 40 heavy (non-hydrogen) atoms. The summed E-state index contributed by atoms with van der Waals surface area (Å²) in [6.45, 7) is 7.70. The van der Waals surface area contributed by atoms with Crippen molar-refractivity contribution in [2.45, 2.75) is 65.8 Å². The number of fused-ring (bicyclic) bond motifs is 1. The fourth-order valence-corrected chi connectivity index (χ4v) is 4.97. The number of hydrogen-bond acceptors (Lipinski definition) is 4. The highest BCUT2D eigenvalue weighted by molar-refractivity contribution is 5.96. The Balaban J connectivity index is 1.69. The van der Waals surface area contributed by atoms with E-state index in [1.807, 2.05) is 55.5 Å². The Morgan fingerprint density at radius 2 is 1.68 bits per heavy atom. The van der Waals surface area contributed by atoms with Crippen LogP contribution in [0, 0.1) is 0 Å². The Hall–Kier alpha value is -4.13. The lowest BCUT2D eigenvalue weighted by molar-refractivity contribution is 0.0697. The van der Waals surface area contributed by atoms with Crippen LogP contribution in [0.4, 0.5) is 10.5 Å². The van der Waals surface area contributed by atoms with Crippen LogP contribution in [-0.2, 0) is 17.7 Å². The first-order chi connectivity index (χ1) is 19.5. The van der Waals surface area contributed by atoms with Gasteiger partial charge in [0.05, 0.1) is 23.2 Å². The van der Waals surface area contributed by atoms with Crippen molar-refractivity contribution in [2.75, 3.05) is 18.1 Å². The Morgan fingerprint density at radius 1 is 0.925 bits per heavy atom. The summed E-state index contributed by atoms with van der Waals surface area (Å²) in [4.78, 5) is 31.3. The maximum atomic E-state index is 12.9. The fraction of sp³-hybridized carbons (Fsp3) is 0.364. The van der Waals surface area contributed by atoms with Gasteiger partial charge < -0.3 is 14.4 Å². The first-order valence-electron chi connectivity index (χ1n) is 14.3. The number of nitrogens with zero attached hydrogens (tertiary/aromatic N) is 3. The van der Waals surface area contributed by atoms with Gasteiger partial charge in [-0.25, -0.2) is 14.6 Å². The number of rotatable bonds is 13. The second-order valence-electron chi connectivity index (χ2n) is 10.00. The second kappa shape index (κ2) is 13.8. The summed E-state index contributed by atoms with van der Waals surface area (Å²) in [5.74, 6) is 0.0791. The summed E-state index contributed by atoms with van der Waals surface area (Å²) < 4.78 is 7.62. The molecule has 1 N–H and O–H groups in total. The molecular weight excluding hydrogens is 502 g/mol. The number of anilines is 1. The molecule has 1 aromatic heterocycles. The van der Waals surface area contributed by atoms with E-state index in [4.69, 9.17) is 9.72 Å². The summed E-state index contributed by atoms with van der Waals surface area (Å²) in [5.41, 5.74) is 5.63. The van der Waals surface area contributed by atoms with Crippen LogP contribution in [-0.4, -0.2) is 39.9 Å². The van der Waals surface area contributed by atoms with Gasteiger partial charge in [0.1, 0.15) is 5.82 Å². The third-order valence-electron chi connectivity index (χ3n) is 7.11. The number of benzene rings is 3. The summed E-state index contributed by atoms with van der Waals surface area (Å²) in [6, 6.07) is 21.1. The van der Waals surface area contributed by atoms with Gasteiger partial charge in [-0.3, -0.25) is 4.90 Å². The molecule has 0 aliphatic rings. The van der Waals surface area contributed by atoms with Crippen molar-refractivity contribution >= 4 is 28.8 Å². The maximum absolute atomic E-state index is 12.9. The molecular formula is C33H39N3O4. The zero-order chi connectivity index (χ0) is 28.5. The van der Waals surface area contributed by atoms with E-state index in [0.717, 1.165) is 72.2 Å². The van der Waals surface area contributed by atoms with Crippen molar-refractivity contribution < 1.29 is 19.4 Å². The molecule has 0 saturated heterocycles. The molecule has 7 nitrogen and oxygen atoms in total. The molecule has 210 valence electrons. The van der Waals surface area contributed by atoms with Gasteiger partial charge in [-0.15, -0.1) is 0 Å². The van der Waals surface area contributed by atoms with Crippen molar-refractivity contribution in [1.82, 2.24) is 9.55 Å². The molecule has 4 aromatic rings. The first kappa shape index (κ1) is 28.9. The number of amides is 1. The molecule has 0 aliphatic heterocycles. The van der Waals surface area contributed by atoms with Crippen molar-refractivity contribution in [3.8, 4) is 11.1 Å². The topological polar surface area (TPSA) is 84.7 Å². The number of aryl methyl sites for hydroxylation is 1. The van der Waals surface area contributed by atoms with Crippen LogP contribution < -0.4 is 4.90 Å². The van der Waals surface area contributed by atoms with Gasteiger partial charge in [0, 0.05) is 25.2 Å². The zero-order valence-electron chi connectivity index (χ0n) is 23.7. The first-order valence-corrected chi connectivity index (χ1v) is 14.3. The largest absolute Gasteiger partial charge is 0.478 e. The van der Waals surface area contributed by atoms with Gasteiger partial charge in [0.2, 0.25) is 0 Å². The van der Waals surface area contributed by atoms with Crippen LogP contribution in [0.2, 0.25) is 0 Å². The number of carboxylic acid groups (broad SMARTS) is 1. The summed E-state index contributed by atoms with van der Waals surface area (Å²) in [5, 5.41) is 9.60. The molecule has 0 aliphatic carbocycles. The van der Waals surface area contributed by atoms with E-state index in [2.05, 4.69) is 24.5 Å². The molecule has 7 heteroatoms. The summed E-state index contributed by atoms with van der Waals surface area (Å²) in [7, 11) is 0. The van der Waals surface area contributed by atoms with Crippen molar-refractivity contribution in [3.05, 3.63) is 83.7 Å². The molecule has 0 bridgehead atoms. The Morgan fingerprint density at radius 3 is 2.38 bits per heavy atom. The second-order valence-corrected chi connectivity index (χ2v) is 10.00. The third kappa shape index (κ3) is 6.71. The number of carboxylic acids is 1. The van der Waals surface area contributed by atoms with E-state index in [1.165, 1.54) is 0 Å². The zero-order valence-corrected chi connectivity index (χ0v) is 23.7. The lowest BCUT2D eigenvalue weighted by atomic mass is 9.99. The Bertz CT molecular complexity index is 1440. The number of hydrogen-bond donors (Lipinski definition) is 1. The predicted octanol–water partition coefficient (Wildman–Crippen LogP) is 7.95. The quantitative estimate of drug-likeness (QED) is 0.174. The van der Waals surface area contributed by atoms with Crippen LogP contribution in [0.1, 0.15) is 74.6 Å². The molecule has 3 aromatic carbocycles. The molecule has 0 fully saturated rings. The molecule has 0 unspecified atom stereocenters. The number of ether oxygens (including phenoxy) is 1. The number of aromatic nitrogens is 2. The van der Waals surface area contributed by atoms with Crippen LogP contribution in [0.3, 0.4) is 0 Å². The van der Waals surface area contributed by atoms with E-state index < -0.39 is 5.97 Å². The maximum Gasteiger partial charge on any atom is 0.414 e. The smallest absolute Gasteiger partial charge is 0.414 e. The van der Waals surface area contributed by atoms with Gasteiger partial charge >= 0.3 is 12.1 Å². The normalized spacial score (nSPS) is 11.1. The molecule has 4 rings (SSSR count). The minimum Gasteiger partial charge on any atom is -0.478 e. The summed E-state index contributed by atoms with van der Waals surface area (Å²) >= 11 is 0. The van der Waals surface area contributed by atoms with Crippen molar-refractivity contribution in [1.29, 1.82) is 0 Å². The standard InChI is InChI=1S/C33H39N3O4/c1-4-7-11-21-35(33(39)40-6-3)26-19-20-29-30(22-26)36(31(34-29)14-8-5-2)23-24-15-17-25(18-16-24)27-12-9-10-13-28(27)32(37)38/h9-10,12-13,15-20,22H,4-8,11,14,21,23H2,1-3H3,(H,37,38). The number of unbranched alkanes of at least 4 members (excludes halogenated alkanes) is 3. The molecule has 1 heterocycles. The van der Waals surface area contributed by atoms with E-state index in [1.54, 1.807) is 17.0 Å². The van der Waals surface area contributed by atoms with Crippen LogP contribution >= 0.6 is 0 Å². The van der Waals surface area contributed by atoms with Gasteiger partial charge in [0.15, 0.2) is 0 Å². The molecule has 0 radical (unpaired) electrons. The Labute approximate surface area is 236 Å². The van der Waals surface area contributed by atoms with Gasteiger partial charge in [-0.2, -0.15) is 0 Å². The average molecular weight is 542 g/mol. The molecule has 0 saturated carbocycles. The highest BCUT2D eigenvalue weighted by Gasteiger charge is 2.19. The number of aromatic carboxylic acids is 1. The third-order valence-corrected chi connectivity index (χ3v) is 7.11. The fourth-order valence-electron chi connectivity index (χ4n) is 4.97. The van der Waals surface area contributed by atoms with Crippen LogP contribution in [0.25, 0.3) is 22.2 Å². The number of carbonyl (C=O) groups is 2. The molecule has 0 atom stereocenters.